The van der Waals surface area contributed by atoms with E-state index in [9.17, 15) is 4.79 Å². The van der Waals surface area contributed by atoms with Crippen molar-refractivity contribution in [3.05, 3.63) is 59.7 Å². The first kappa shape index (κ1) is 17.8. The number of nitrogens with one attached hydrogen (secondary N) is 1. The predicted molar refractivity (Wildman–Crippen MR) is 98.6 cm³/mol. The van der Waals surface area contributed by atoms with Gasteiger partial charge in [0.15, 0.2) is 11.5 Å². The SMILES string of the molecule is CCCOC(=N[C@H](C)c1ccccc1)NC(=O)c1ccc2c(c1)OCO2. The number of amidine groups is 1. The molecule has 1 amide bonds. The molecule has 1 atom stereocenters. The third kappa shape index (κ3) is 4.33. The summed E-state index contributed by atoms with van der Waals surface area (Å²) in [5.41, 5.74) is 1.50. The summed E-state index contributed by atoms with van der Waals surface area (Å²) in [6.45, 7) is 4.60. The van der Waals surface area contributed by atoms with Crippen LogP contribution in [0.2, 0.25) is 0 Å². The Labute approximate surface area is 152 Å². The van der Waals surface area contributed by atoms with Gasteiger partial charge in [0, 0.05) is 5.56 Å². The molecule has 0 saturated heterocycles. The first-order valence-corrected chi connectivity index (χ1v) is 8.64. The van der Waals surface area contributed by atoms with Gasteiger partial charge in [0.1, 0.15) is 0 Å². The lowest BCUT2D eigenvalue weighted by atomic mass is 10.1. The van der Waals surface area contributed by atoms with Crippen LogP contribution in [-0.2, 0) is 4.74 Å². The Kier molecular flexibility index (Phi) is 5.73. The van der Waals surface area contributed by atoms with Gasteiger partial charge in [-0.2, -0.15) is 0 Å². The normalized spacial score (nSPS) is 14.0. The quantitative estimate of drug-likeness (QED) is 0.657. The summed E-state index contributed by atoms with van der Waals surface area (Å²) < 4.78 is 16.2. The van der Waals surface area contributed by atoms with E-state index in [0.29, 0.717) is 23.7 Å². The van der Waals surface area contributed by atoms with Crippen molar-refractivity contribution in [2.24, 2.45) is 4.99 Å². The second-order valence-electron chi connectivity index (χ2n) is 5.89. The van der Waals surface area contributed by atoms with Crippen LogP contribution in [0.3, 0.4) is 0 Å². The number of rotatable bonds is 5. The minimum Gasteiger partial charge on any atom is -0.465 e. The highest BCUT2D eigenvalue weighted by atomic mass is 16.7. The van der Waals surface area contributed by atoms with E-state index in [-0.39, 0.29) is 24.8 Å². The summed E-state index contributed by atoms with van der Waals surface area (Å²) in [6, 6.07) is 15.0. The van der Waals surface area contributed by atoms with Crippen molar-refractivity contribution in [1.82, 2.24) is 5.32 Å². The van der Waals surface area contributed by atoms with Crippen LogP contribution in [0.1, 0.15) is 42.2 Å². The zero-order valence-corrected chi connectivity index (χ0v) is 14.9. The average molecular weight is 354 g/mol. The lowest BCUT2D eigenvalue weighted by molar-refractivity contribution is 0.0964. The third-order valence-corrected chi connectivity index (χ3v) is 3.89. The number of hydrogen-bond acceptors (Lipinski definition) is 5. The highest BCUT2D eigenvalue weighted by Gasteiger charge is 2.18. The molecule has 3 rings (SSSR count). The zero-order valence-electron chi connectivity index (χ0n) is 14.9. The molecule has 6 nitrogen and oxygen atoms in total. The summed E-state index contributed by atoms with van der Waals surface area (Å²) in [5, 5.41) is 2.75. The number of benzene rings is 2. The maximum atomic E-state index is 12.6. The summed E-state index contributed by atoms with van der Waals surface area (Å²) in [5.74, 6) is 0.886. The predicted octanol–water partition coefficient (Wildman–Crippen LogP) is 3.69. The fourth-order valence-corrected chi connectivity index (χ4v) is 2.49. The van der Waals surface area contributed by atoms with Gasteiger partial charge in [-0.05, 0) is 37.1 Å². The van der Waals surface area contributed by atoms with Crippen molar-refractivity contribution in [2.45, 2.75) is 26.3 Å². The van der Waals surface area contributed by atoms with Gasteiger partial charge in [-0.3, -0.25) is 10.1 Å². The lowest BCUT2D eigenvalue weighted by Gasteiger charge is -2.13. The molecule has 0 fully saturated rings. The highest BCUT2D eigenvalue weighted by molar-refractivity contribution is 6.04. The van der Waals surface area contributed by atoms with E-state index in [1.807, 2.05) is 44.2 Å². The first-order chi connectivity index (χ1) is 12.7. The van der Waals surface area contributed by atoms with Crippen molar-refractivity contribution in [2.75, 3.05) is 13.4 Å². The fraction of sp³-hybridized carbons (Fsp3) is 0.300. The van der Waals surface area contributed by atoms with E-state index < -0.39 is 0 Å². The molecule has 0 radical (unpaired) electrons. The topological polar surface area (TPSA) is 69.2 Å². The van der Waals surface area contributed by atoms with Crippen molar-refractivity contribution >= 4 is 11.9 Å². The molecule has 1 N–H and O–H groups in total. The van der Waals surface area contributed by atoms with Crippen LogP contribution in [0.4, 0.5) is 0 Å². The molecule has 0 unspecified atom stereocenters. The molecule has 1 aliphatic rings. The lowest BCUT2D eigenvalue weighted by Crippen LogP contribution is -2.33. The molecular weight excluding hydrogens is 332 g/mol. The average Bonchev–Trinajstić information content (AvgIpc) is 3.14. The minimum atomic E-state index is -0.307. The maximum absolute atomic E-state index is 12.6. The van der Waals surface area contributed by atoms with Crippen LogP contribution in [0, 0.1) is 0 Å². The van der Waals surface area contributed by atoms with Crippen LogP contribution in [0.25, 0.3) is 0 Å². The van der Waals surface area contributed by atoms with Crippen LogP contribution in [0.5, 0.6) is 11.5 Å². The van der Waals surface area contributed by atoms with Gasteiger partial charge < -0.3 is 14.2 Å². The number of ether oxygens (including phenoxy) is 3. The van der Waals surface area contributed by atoms with Crippen LogP contribution >= 0.6 is 0 Å². The molecule has 0 spiro atoms. The number of carbonyl (C=O) groups is 1. The van der Waals surface area contributed by atoms with E-state index in [0.717, 1.165) is 12.0 Å². The van der Waals surface area contributed by atoms with Crippen LogP contribution in [0.15, 0.2) is 53.5 Å². The second-order valence-corrected chi connectivity index (χ2v) is 5.89. The van der Waals surface area contributed by atoms with E-state index in [4.69, 9.17) is 14.2 Å². The Bertz CT molecular complexity index is 790. The number of fused-ring (bicyclic) bond motifs is 1. The Morgan fingerprint density at radius 1 is 1.19 bits per heavy atom. The van der Waals surface area contributed by atoms with Crippen molar-refractivity contribution in [1.29, 1.82) is 0 Å². The van der Waals surface area contributed by atoms with Gasteiger partial charge in [0.05, 0.1) is 12.6 Å². The van der Waals surface area contributed by atoms with Gasteiger partial charge in [0.25, 0.3) is 11.9 Å². The minimum absolute atomic E-state index is 0.139. The summed E-state index contributed by atoms with van der Waals surface area (Å²) in [4.78, 5) is 17.1. The van der Waals surface area contributed by atoms with Crippen LogP contribution in [-0.4, -0.2) is 25.3 Å². The Hall–Kier alpha value is -3.02. The van der Waals surface area contributed by atoms with E-state index in [1.54, 1.807) is 18.2 Å². The molecule has 1 heterocycles. The molecule has 1 aliphatic heterocycles. The number of nitrogens with zero attached hydrogens (tertiary/aromatic N) is 1. The smallest absolute Gasteiger partial charge is 0.292 e. The Morgan fingerprint density at radius 3 is 2.73 bits per heavy atom. The third-order valence-electron chi connectivity index (χ3n) is 3.89. The molecule has 6 heteroatoms. The van der Waals surface area contributed by atoms with Gasteiger partial charge in [-0.1, -0.05) is 37.3 Å². The molecule has 2 aromatic carbocycles. The molecule has 2 aromatic rings. The largest absolute Gasteiger partial charge is 0.465 e. The Balaban J connectivity index is 1.75. The Morgan fingerprint density at radius 2 is 1.96 bits per heavy atom. The highest BCUT2D eigenvalue weighted by Crippen LogP contribution is 2.32. The summed E-state index contributed by atoms with van der Waals surface area (Å²) in [6.07, 6.45) is 0.818. The summed E-state index contributed by atoms with van der Waals surface area (Å²) in [7, 11) is 0. The molecule has 26 heavy (non-hydrogen) atoms. The van der Waals surface area contributed by atoms with Gasteiger partial charge in [0.2, 0.25) is 6.79 Å². The zero-order chi connectivity index (χ0) is 18.4. The number of aliphatic imine (C=N–C) groups is 1. The standard InChI is InChI=1S/C20H22N2O4/c1-3-11-24-20(21-14(2)15-7-5-4-6-8-15)22-19(23)16-9-10-17-18(12-16)26-13-25-17/h4-10,12,14H,3,11,13H2,1-2H3,(H,21,22,23)/t14-/m1/s1. The van der Waals surface area contributed by atoms with Gasteiger partial charge in [-0.15, -0.1) is 0 Å². The van der Waals surface area contributed by atoms with E-state index >= 15 is 0 Å². The number of hydrogen-bond donors (Lipinski definition) is 1. The van der Waals surface area contributed by atoms with Gasteiger partial charge >= 0.3 is 0 Å². The molecule has 0 saturated carbocycles. The fourth-order valence-electron chi connectivity index (χ4n) is 2.49. The van der Waals surface area contributed by atoms with E-state index in [1.165, 1.54) is 0 Å². The number of amides is 1. The van der Waals surface area contributed by atoms with Crippen LogP contribution < -0.4 is 14.8 Å². The second kappa shape index (κ2) is 8.38. The first-order valence-electron chi connectivity index (χ1n) is 8.64. The molecular formula is C20H22N2O4. The van der Waals surface area contributed by atoms with Crippen molar-refractivity contribution in [3.63, 3.8) is 0 Å². The molecule has 0 aromatic heterocycles. The maximum Gasteiger partial charge on any atom is 0.292 e. The van der Waals surface area contributed by atoms with E-state index in [2.05, 4.69) is 10.3 Å². The van der Waals surface area contributed by atoms with Crippen molar-refractivity contribution < 1.29 is 19.0 Å². The summed E-state index contributed by atoms with van der Waals surface area (Å²) >= 11 is 0. The molecule has 0 bridgehead atoms. The van der Waals surface area contributed by atoms with Crippen molar-refractivity contribution in [3.8, 4) is 11.5 Å². The van der Waals surface area contributed by atoms with Gasteiger partial charge in [-0.25, -0.2) is 4.99 Å². The molecule has 136 valence electrons. The number of carbonyl (C=O) groups excluding carboxylic acids is 1. The molecule has 0 aliphatic carbocycles. The monoisotopic (exact) mass is 354 g/mol.